The number of ether oxygens (including phenoxy) is 4. The topological polar surface area (TPSA) is 144 Å². The molecule has 1 unspecified atom stereocenters. The number of benzene rings is 2. The zero-order valence-electron chi connectivity index (χ0n) is 20.4. The number of carbonyl (C=O) groups is 1. The molecule has 3 rings (SSSR count). The molecule has 1 amide bonds. The summed E-state index contributed by atoms with van der Waals surface area (Å²) >= 11 is 0. The molecule has 1 heterocycles. The molecule has 10 heteroatoms. The highest BCUT2D eigenvalue weighted by molar-refractivity contribution is 5.97. The lowest BCUT2D eigenvalue weighted by molar-refractivity contribution is -0.117. The normalized spacial score (nSPS) is 11.6. The van der Waals surface area contributed by atoms with E-state index in [4.69, 9.17) is 34.9 Å². The Morgan fingerprint density at radius 3 is 2.26 bits per heavy atom. The fourth-order valence-corrected chi connectivity index (χ4v) is 3.70. The predicted octanol–water partition coefficient (Wildman–Crippen LogP) is 3.44. The highest BCUT2D eigenvalue weighted by Crippen LogP contribution is 2.44. The minimum atomic E-state index is -0.653. The van der Waals surface area contributed by atoms with Gasteiger partial charge in [0.15, 0.2) is 17.3 Å². The van der Waals surface area contributed by atoms with Crippen LogP contribution in [0.3, 0.4) is 0 Å². The number of rotatable bonds is 12. The number of hydrogen-bond acceptors (Lipinski definition) is 9. The molecule has 1 atom stereocenters. The highest BCUT2D eigenvalue weighted by Gasteiger charge is 2.21. The second-order valence-corrected chi connectivity index (χ2v) is 7.78. The summed E-state index contributed by atoms with van der Waals surface area (Å²) in [5.41, 5.74) is 14.2. The molecule has 0 aliphatic heterocycles. The van der Waals surface area contributed by atoms with Crippen LogP contribution in [0.1, 0.15) is 19.3 Å². The van der Waals surface area contributed by atoms with Gasteiger partial charge in [-0.15, -0.1) is 0 Å². The van der Waals surface area contributed by atoms with E-state index in [1.54, 1.807) is 44.7 Å². The SMILES string of the molecule is COc1ccc(-c2cnoc2-c2cc(OC)c(OC)c(OC)c2)cc1NC(=O)C(N)CCCCN. The zero-order chi connectivity index (χ0) is 25.4. The number of carbonyl (C=O) groups excluding carboxylic acids is 1. The highest BCUT2D eigenvalue weighted by atomic mass is 16.5. The molecule has 35 heavy (non-hydrogen) atoms. The van der Waals surface area contributed by atoms with Gasteiger partial charge in [0.2, 0.25) is 11.7 Å². The second-order valence-electron chi connectivity index (χ2n) is 7.78. The van der Waals surface area contributed by atoms with Gasteiger partial charge in [-0.05, 0) is 49.2 Å². The molecule has 5 N–H and O–H groups in total. The Hall–Kier alpha value is -3.76. The molecule has 0 saturated heterocycles. The molecular formula is C25H32N4O6. The van der Waals surface area contributed by atoms with Crippen LogP contribution in [-0.2, 0) is 4.79 Å². The van der Waals surface area contributed by atoms with E-state index in [0.717, 1.165) is 18.4 Å². The molecule has 0 fully saturated rings. The number of hydrogen-bond donors (Lipinski definition) is 3. The zero-order valence-corrected chi connectivity index (χ0v) is 20.4. The van der Waals surface area contributed by atoms with Crippen LogP contribution in [0.25, 0.3) is 22.5 Å². The van der Waals surface area contributed by atoms with Crippen LogP contribution >= 0.6 is 0 Å². The van der Waals surface area contributed by atoms with E-state index in [-0.39, 0.29) is 5.91 Å². The standard InChI is InChI=1S/C25H32N4O6/c1-31-20-9-8-15(11-19(20)29-25(30)18(27)7-5-6-10-26)17-14-28-35-23(17)16-12-21(32-2)24(34-4)22(13-16)33-3/h8-9,11-14,18H,5-7,10,26-27H2,1-4H3,(H,29,30). The van der Waals surface area contributed by atoms with E-state index in [9.17, 15) is 4.79 Å². The minimum absolute atomic E-state index is 0.298. The van der Waals surface area contributed by atoms with Crippen LogP contribution in [0.15, 0.2) is 41.1 Å². The Morgan fingerprint density at radius 2 is 1.66 bits per heavy atom. The monoisotopic (exact) mass is 484 g/mol. The molecule has 1 aromatic heterocycles. The van der Waals surface area contributed by atoms with Gasteiger partial charge in [-0.2, -0.15) is 0 Å². The molecule has 0 spiro atoms. The summed E-state index contributed by atoms with van der Waals surface area (Å²) in [5.74, 6) is 2.13. The van der Waals surface area contributed by atoms with Gasteiger partial charge in [0, 0.05) is 11.1 Å². The van der Waals surface area contributed by atoms with E-state index >= 15 is 0 Å². The first kappa shape index (κ1) is 25.9. The lowest BCUT2D eigenvalue weighted by Crippen LogP contribution is -2.35. The Bertz CT molecular complexity index is 1120. The Morgan fingerprint density at radius 1 is 0.971 bits per heavy atom. The number of unbranched alkanes of at least 4 members (excludes halogenated alkanes) is 1. The van der Waals surface area contributed by atoms with Crippen molar-refractivity contribution in [1.82, 2.24) is 5.16 Å². The third kappa shape index (κ3) is 5.84. The maximum atomic E-state index is 12.7. The summed E-state index contributed by atoms with van der Waals surface area (Å²) in [7, 11) is 6.16. The third-order valence-electron chi connectivity index (χ3n) is 5.57. The lowest BCUT2D eigenvalue weighted by atomic mass is 10.0. The van der Waals surface area contributed by atoms with Crippen molar-refractivity contribution in [3.8, 4) is 45.4 Å². The van der Waals surface area contributed by atoms with Crippen LogP contribution in [0.4, 0.5) is 5.69 Å². The maximum absolute atomic E-state index is 12.7. The average molecular weight is 485 g/mol. The average Bonchev–Trinajstić information content (AvgIpc) is 3.37. The van der Waals surface area contributed by atoms with Crippen molar-refractivity contribution in [3.63, 3.8) is 0 Å². The van der Waals surface area contributed by atoms with Crippen molar-refractivity contribution >= 4 is 11.6 Å². The summed E-state index contributed by atoms with van der Waals surface area (Å²) in [5, 5.41) is 6.87. The summed E-state index contributed by atoms with van der Waals surface area (Å²) in [6.07, 6.45) is 3.74. The fourth-order valence-electron chi connectivity index (χ4n) is 3.70. The Balaban J connectivity index is 1.96. The quantitative estimate of drug-likeness (QED) is 0.329. The second kappa shape index (κ2) is 12.1. The van der Waals surface area contributed by atoms with Crippen molar-refractivity contribution < 1.29 is 28.3 Å². The molecular weight excluding hydrogens is 452 g/mol. The third-order valence-corrected chi connectivity index (χ3v) is 5.57. The molecule has 0 aliphatic carbocycles. The molecule has 10 nitrogen and oxygen atoms in total. The summed E-state index contributed by atoms with van der Waals surface area (Å²) in [6.45, 7) is 0.567. The van der Waals surface area contributed by atoms with Gasteiger partial charge in [-0.3, -0.25) is 4.79 Å². The van der Waals surface area contributed by atoms with Gasteiger partial charge in [0.05, 0.1) is 46.4 Å². The Kier molecular flexibility index (Phi) is 8.93. The van der Waals surface area contributed by atoms with Gasteiger partial charge in [-0.1, -0.05) is 17.6 Å². The molecule has 188 valence electrons. The van der Waals surface area contributed by atoms with E-state index < -0.39 is 6.04 Å². The van der Waals surface area contributed by atoms with E-state index in [2.05, 4.69) is 10.5 Å². The first-order valence-corrected chi connectivity index (χ1v) is 11.2. The van der Waals surface area contributed by atoms with Gasteiger partial charge in [0.1, 0.15) is 5.75 Å². The maximum Gasteiger partial charge on any atom is 0.241 e. The first-order chi connectivity index (χ1) is 17.0. The molecule has 3 aromatic rings. The van der Waals surface area contributed by atoms with E-state index in [0.29, 0.717) is 58.5 Å². The van der Waals surface area contributed by atoms with Crippen molar-refractivity contribution in [1.29, 1.82) is 0 Å². The van der Waals surface area contributed by atoms with Crippen LogP contribution in [-0.4, -0.2) is 52.1 Å². The predicted molar refractivity (Wildman–Crippen MR) is 133 cm³/mol. The molecule has 0 aliphatic rings. The summed E-state index contributed by atoms with van der Waals surface area (Å²) < 4.78 is 27.4. The van der Waals surface area contributed by atoms with Gasteiger partial charge >= 0.3 is 0 Å². The first-order valence-electron chi connectivity index (χ1n) is 11.2. The number of methoxy groups -OCH3 is 4. The number of nitrogens with one attached hydrogen (secondary N) is 1. The largest absolute Gasteiger partial charge is 0.495 e. The van der Waals surface area contributed by atoms with Crippen molar-refractivity contribution in [2.45, 2.75) is 25.3 Å². The molecule has 0 saturated carbocycles. The van der Waals surface area contributed by atoms with Gasteiger partial charge in [0.25, 0.3) is 0 Å². The van der Waals surface area contributed by atoms with Crippen molar-refractivity contribution in [2.24, 2.45) is 11.5 Å². The van der Waals surface area contributed by atoms with E-state index in [1.165, 1.54) is 14.2 Å². The smallest absolute Gasteiger partial charge is 0.241 e. The number of nitrogens with zero attached hydrogens (tertiary/aromatic N) is 1. The summed E-state index contributed by atoms with van der Waals surface area (Å²) in [6, 6.07) is 8.30. The molecule has 0 radical (unpaired) electrons. The van der Waals surface area contributed by atoms with E-state index in [1.807, 2.05) is 6.07 Å². The van der Waals surface area contributed by atoms with Crippen LogP contribution in [0.2, 0.25) is 0 Å². The Labute approximate surface area is 204 Å². The number of anilines is 1. The molecule has 0 bridgehead atoms. The fraction of sp³-hybridized carbons (Fsp3) is 0.360. The number of amides is 1. The van der Waals surface area contributed by atoms with Crippen molar-refractivity contribution in [2.75, 3.05) is 40.3 Å². The van der Waals surface area contributed by atoms with Crippen LogP contribution in [0, 0.1) is 0 Å². The minimum Gasteiger partial charge on any atom is -0.495 e. The number of aromatic nitrogens is 1. The lowest BCUT2D eigenvalue weighted by Gasteiger charge is -2.16. The molecule has 2 aromatic carbocycles. The van der Waals surface area contributed by atoms with Crippen LogP contribution < -0.4 is 35.7 Å². The van der Waals surface area contributed by atoms with Gasteiger partial charge < -0.3 is 40.3 Å². The van der Waals surface area contributed by atoms with Gasteiger partial charge in [-0.25, -0.2) is 0 Å². The van der Waals surface area contributed by atoms with Crippen molar-refractivity contribution in [3.05, 3.63) is 36.5 Å². The number of nitrogens with two attached hydrogens (primary N) is 2. The van der Waals surface area contributed by atoms with Crippen LogP contribution in [0.5, 0.6) is 23.0 Å². The summed E-state index contributed by atoms with van der Waals surface area (Å²) in [4.78, 5) is 12.7.